The van der Waals surface area contributed by atoms with E-state index in [0.29, 0.717) is 6.42 Å². The zero-order valence-electron chi connectivity index (χ0n) is 11.0. The molecule has 1 fully saturated rings. The van der Waals surface area contributed by atoms with Crippen molar-refractivity contribution in [3.63, 3.8) is 0 Å². The van der Waals surface area contributed by atoms with E-state index in [1.807, 2.05) is 6.07 Å². The van der Waals surface area contributed by atoms with Gasteiger partial charge in [0.25, 0.3) is 0 Å². The Bertz CT molecular complexity index is 440. The summed E-state index contributed by atoms with van der Waals surface area (Å²) in [5.74, 6) is 6.06. The minimum absolute atomic E-state index is 0.137. The summed E-state index contributed by atoms with van der Waals surface area (Å²) >= 11 is 0. The third-order valence-corrected chi connectivity index (χ3v) is 3.25. The number of hydrogen-bond donors (Lipinski definition) is 1. The Morgan fingerprint density at radius 3 is 2.89 bits per heavy atom. The molecule has 1 aromatic rings. The van der Waals surface area contributed by atoms with Gasteiger partial charge < -0.3 is 5.11 Å². The van der Waals surface area contributed by atoms with Gasteiger partial charge in [-0.3, -0.25) is 4.90 Å². The molecule has 1 aromatic carbocycles. The van der Waals surface area contributed by atoms with Gasteiger partial charge in [0.15, 0.2) is 0 Å². The molecule has 1 N–H and O–H groups in total. The van der Waals surface area contributed by atoms with Gasteiger partial charge in [0.1, 0.15) is 0 Å². The molecule has 2 rings (SSSR count). The molecule has 1 saturated carbocycles. The largest absolute Gasteiger partial charge is 0.395 e. The molecule has 0 unspecified atom stereocenters. The number of aliphatic hydroxyl groups excluding tert-OH is 1. The molecule has 0 bridgehead atoms. The Labute approximate surface area is 110 Å². The van der Waals surface area contributed by atoms with Crippen LogP contribution >= 0.6 is 0 Å². The summed E-state index contributed by atoms with van der Waals surface area (Å²) < 4.78 is 0. The molecule has 0 amide bonds. The van der Waals surface area contributed by atoms with E-state index < -0.39 is 0 Å². The molecule has 18 heavy (non-hydrogen) atoms. The van der Waals surface area contributed by atoms with E-state index in [1.165, 1.54) is 18.4 Å². The molecular formula is C16H21NO. The van der Waals surface area contributed by atoms with Crippen LogP contribution in [0.2, 0.25) is 0 Å². The first-order valence-electron chi connectivity index (χ1n) is 6.76. The molecule has 0 saturated heterocycles. The molecule has 2 nitrogen and oxygen atoms in total. The van der Waals surface area contributed by atoms with E-state index in [2.05, 4.69) is 41.9 Å². The van der Waals surface area contributed by atoms with Gasteiger partial charge in [-0.25, -0.2) is 0 Å². The number of benzene rings is 1. The van der Waals surface area contributed by atoms with Crippen molar-refractivity contribution in [2.45, 2.75) is 38.8 Å². The minimum Gasteiger partial charge on any atom is -0.395 e. The third-order valence-electron chi connectivity index (χ3n) is 3.25. The minimum atomic E-state index is 0.137. The van der Waals surface area contributed by atoms with Gasteiger partial charge in [-0.1, -0.05) is 30.9 Å². The normalized spacial score (nSPS) is 14.4. The quantitative estimate of drug-likeness (QED) is 0.803. The van der Waals surface area contributed by atoms with Crippen molar-refractivity contribution < 1.29 is 5.11 Å². The molecule has 0 heterocycles. The molecule has 0 radical (unpaired) electrons. The first-order chi connectivity index (χ1) is 8.83. The Kier molecular flexibility index (Phi) is 4.81. The van der Waals surface area contributed by atoms with Crippen molar-refractivity contribution in [1.82, 2.24) is 4.90 Å². The van der Waals surface area contributed by atoms with Crippen LogP contribution in [0.15, 0.2) is 24.3 Å². The molecule has 1 aliphatic rings. The lowest BCUT2D eigenvalue weighted by molar-refractivity contribution is 0.269. The third kappa shape index (κ3) is 3.87. The molecule has 0 spiro atoms. The van der Waals surface area contributed by atoms with Crippen LogP contribution in [0.25, 0.3) is 0 Å². The zero-order chi connectivity index (χ0) is 12.8. The second-order valence-corrected chi connectivity index (χ2v) is 4.77. The number of hydrogen-bond acceptors (Lipinski definition) is 2. The number of aliphatic hydroxyl groups is 1. The first kappa shape index (κ1) is 13.1. The van der Waals surface area contributed by atoms with Gasteiger partial charge >= 0.3 is 0 Å². The number of rotatable bonds is 5. The van der Waals surface area contributed by atoms with E-state index in [-0.39, 0.29) is 6.61 Å². The van der Waals surface area contributed by atoms with E-state index in [9.17, 15) is 0 Å². The highest BCUT2D eigenvalue weighted by atomic mass is 16.2. The van der Waals surface area contributed by atoms with Gasteiger partial charge in [-0.2, -0.15) is 0 Å². The fourth-order valence-corrected chi connectivity index (χ4v) is 2.14. The van der Waals surface area contributed by atoms with Gasteiger partial charge in [0.05, 0.1) is 6.61 Å². The van der Waals surface area contributed by atoms with Crippen molar-refractivity contribution in [3.8, 4) is 11.8 Å². The maximum absolute atomic E-state index is 8.71. The lowest BCUT2D eigenvalue weighted by Gasteiger charge is -2.19. The van der Waals surface area contributed by atoms with E-state index in [0.717, 1.165) is 24.7 Å². The maximum atomic E-state index is 8.71. The van der Waals surface area contributed by atoms with Gasteiger partial charge in [-0.05, 0) is 37.1 Å². The van der Waals surface area contributed by atoms with Crippen molar-refractivity contribution in [2.75, 3.05) is 13.2 Å². The van der Waals surface area contributed by atoms with Crippen LogP contribution in [-0.4, -0.2) is 29.2 Å². The standard InChI is InChI=1S/C16H21NO/c1-2-17(16-9-10-16)13-15-8-5-7-14(12-15)6-3-4-11-18/h5,7-8,12,16,18H,2,4,9-11,13H2,1H3. The first-order valence-corrected chi connectivity index (χ1v) is 6.76. The Morgan fingerprint density at radius 2 is 2.22 bits per heavy atom. The van der Waals surface area contributed by atoms with Crippen LogP contribution in [-0.2, 0) is 6.54 Å². The molecule has 96 valence electrons. The van der Waals surface area contributed by atoms with Gasteiger partial charge in [-0.15, -0.1) is 0 Å². The van der Waals surface area contributed by atoms with Crippen LogP contribution in [0.5, 0.6) is 0 Å². The highest BCUT2D eigenvalue weighted by Crippen LogP contribution is 2.27. The second kappa shape index (κ2) is 6.58. The van der Waals surface area contributed by atoms with Crippen molar-refractivity contribution in [3.05, 3.63) is 35.4 Å². The van der Waals surface area contributed by atoms with Gasteiger partial charge in [0.2, 0.25) is 0 Å². The average molecular weight is 243 g/mol. The predicted octanol–water partition coefficient (Wildman–Crippen LogP) is 2.40. The Balaban J connectivity index is 2.00. The van der Waals surface area contributed by atoms with Crippen LogP contribution in [0.4, 0.5) is 0 Å². The fraction of sp³-hybridized carbons (Fsp3) is 0.500. The van der Waals surface area contributed by atoms with E-state index >= 15 is 0 Å². The molecule has 0 aromatic heterocycles. The summed E-state index contributed by atoms with van der Waals surface area (Å²) in [6, 6.07) is 9.23. The monoisotopic (exact) mass is 243 g/mol. The second-order valence-electron chi connectivity index (χ2n) is 4.77. The topological polar surface area (TPSA) is 23.5 Å². The molecule has 2 heteroatoms. The predicted molar refractivity (Wildman–Crippen MR) is 74.1 cm³/mol. The summed E-state index contributed by atoms with van der Waals surface area (Å²) in [6.45, 7) is 4.50. The van der Waals surface area contributed by atoms with Gasteiger partial charge in [0, 0.05) is 24.6 Å². The molecular weight excluding hydrogens is 222 g/mol. The zero-order valence-corrected chi connectivity index (χ0v) is 11.0. The smallest absolute Gasteiger partial charge is 0.0540 e. The van der Waals surface area contributed by atoms with Crippen molar-refractivity contribution >= 4 is 0 Å². The molecule has 1 aliphatic carbocycles. The van der Waals surface area contributed by atoms with Crippen LogP contribution in [0.3, 0.4) is 0 Å². The average Bonchev–Trinajstić information content (AvgIpc) is 3.21. The van der Waals surface area contributed by atoms with Crippen molar-refractivity contribution in [1.29, 1.82) is 0 Å². The highest BCUT2D eigenvalue weighted by molar-refractivity contribution is 5.37. The molecule has 0 atom stereocenters. The van der Waals surface area contributed by atoms with E-state index in [4.69, 9.17) is 5.11 Å². The van der Waals surface area contributed by atoms with E-state index in [1.54, 1.807) is 0 Å². The number of nitrogens with zero attached hydrogens (tertiary/aromatic N) is 1. The van der Waals surface area contributed by atoms with Crippen LogP contribution in [0, 0.1) is 11.8 Å². The van der Waals surface area contributed by atoms with Crippen LogP contribution in [0.1, 0.15) is 37.3 Å². The summed E-state index contributed by atoms with van der Waals surface area (Å²) in [6.07, 6.45) is 3.25. The Morgan fingerprint density at radius 1 is 1.39 bits per heavy atom. The highest BCUT2D eigenvalue weighted by Gasteiger charge is 2.27. The Hall–Kier alpha value is -1.30. The summed E-state index contributed by atoms with van der Waals surface area (Å²) in [7, 11) is 0. The summed E-state index contributed by atoms with van der Waals surface area (Å²) in [4.78, 5) is 2.53. The SMILES string of the molecule is CCN(Cc1cccc(C#CCCO)c1)C1CC1. The summed E-state index contributed by atoms with van der Waals surface area (Å²) in [5, 5.41) is 8.71. The fourth-order valence-electron chi connectivity index (χ4n) is 2.14. The summed E-state index contributed by atoms with van der Waals surface area (Å²) in [5.41, 5.74) is 2.38. The van der Waals surface area contributed by atoms with Crippen molar-refractivity contribution in [2.24, 2.45) is 0 Å². The lowest BCUT2D eigenvalue weighted by atomic mass is 10.1. The van der Waals surface area contributed by atoms with Crippen LogP contribution < -0.4 is 0 Å². The lowest BCUT2D eigenvalue weighted by Crippen LogP contribution is -2.24. The molecule has 0 aliphatic heterocycles. The maximum Gasteiger partial charge on any atom is 0.0540 e.